The normalized spacial score (nSPS) is 10.7. The second-order valence-electron chi connectivity index (χ2n) is 4.97. The molecule has 1 heterocycles. The minimum Gasteiger partial charge on any atom is -0.491 e. The molecule has 0 radical (unpaired) electrons. The number of hydrogen-bond donors (Lipinski definition) is 3. The van der Waals surface area contributed by atoms with Crippen LogP contribution in [0.1, 0.15) is 10.5 Å². The van der Waals surface area contributed by atoms with Gasteiger partial charge in [0.25, 0.3) is 5.91 Å². The van der Waals surface area contributed by atoms with Gasteiger partial charge in [-0.2, -0.15) is 0 Å². The Labute approximate surface area is 137 Å². The van der Waals surface area contributed by atoms with E-state index in [9.17, 15) is 4.79 Å². The van der Waals surface area contributed by atoms with Gasteiger partial charge in [0.05, 0.1) is 6.61 Å². The molecule has 0 atom stereocenters. The van der Waals surface area contributed by atoms with E-state index in [-0.39, 0.29) is 19.1 Å². The number of carbonyl (C=O) groups is 1. The molecule has 0 aliphatic rings. The topological polar surface area (TPSA) is 74.3 Å². The number of ether oxygens (including phenoxy) is 1. The molecule has 0 saturated carbocycles. The number of nitrogens with one attached hydrogen (secondary N) is 2. The van der Waals surface area contributed by atoms with Gasteiger partial charge in [-0.05, 0) is 48.5 Å². The molecule has 0 fully saturated rings. The maximum atomic E-state index is 12.3. The number of aromatic amines is 1. The lowest BCUT2D eigenvalue weighted by Gasteiger charge is -2.06. The van der Waals surface area contributed by atoms with E-state index in [2.05, 4.69) is 10.3 Å². The zero-order valence-electron chi connectivity index (χ0n) is 12.2. The minimum atomic E-state index is -0.235. The summed E-state index contributed by atoms with van der Waals surface area (Å²) in [5.74, 6) is 0.402. The number of halogens is 1. The third kappa shape index (κ3) is 3.64. The summed E-state index contributed by atoms with van der Waals surface area (Å²) < 4.78 is 5.27. The van der Waals surface area contributed by atoms with Gasteiger partial charge in [-0.1, -0.05) is 11.6 Å². The highest BCUT2D eigenvalue weighted by Gasteiger charge is 2.10. The van der Waals surface area contributed by atoms with Crippen LogP contribution in [0.2, 0.25) is 5.02 Å². The van der Waals surface area contributed by atoms with Gasteiger partial charge >= 0.3 is 0 Å². The summed E-state index contributed by atoms with van der Waals surface area (Å²) in [4.78, 5) is 15.3. The molecule has 5 nitrogen and oxygen atoms in total. The standard InChI is InChI=1S/C17H15ClN2O3/c18-12-1-6-15-11(9-12)10-16(20-15)17(22)19-13-2-4-14(5-3-13)23-8-7-21/h1-6,9-10,20-21H,7-8H2,(H,19,22). The van der Waals surface area contributed by atoms with E-state index < -0.39 is 0 Å². The predicted molar refractivity (Wildman–Crippen MR) is 90.3 cm³/mol. The molecular formula is C17H15ClN2O3. The van der Waals surface area contributed by atoms with Gasteiger partial charge in [-0.15, -0.1) is 0 Å². The maximum absolute atomic E-state index is 12.3. The minimum absolute atomic E-state index is 0.0388. The fourth-order valence-electron chi connectivity index (χ4n) is 2.22. The van der Waals surface area contributed by atoms with Gasteiger partial charge < -0.3 is 20.1 Å². The number of benzene rings is 2. The smallest absolute Gasteiger partial charge is 0.272 e. The van der Waals surface area contributed by atoms with Gasteiger partial charge in [0.1, 0.15) is 18.1 Å². The molecule has 3 aromatic rings. The van der Waals surface area contributed by atoms with Crippen LogP contribution in [0.15, 0.2) is 48.5 Å². The number of anilines is 1. The highest BCUT2D eigenvalue weighted by Crippen LogP contribution is 2.21. The Morgan fingerprint density at radius 3 is 2.70 bits per heavy atom. The average Bonchev–Trinajstić information content (AvgIpc) is 2.97. The van der Waals surface area contributed by atoms with Crippen LogP contribution in [0.3, 0.4) is 0 Å². The van der Waals surface area contributed by atoms with Crippen molar-refractivity contribution >= 4 is 34.1 Å². The number of aliphatic hydroxyl groups excluding tert-OH is 1. The highest BCUT2D eigenvalue weighted by molar-refractivity contribution is 6.31. The Bertz CT molecular complexity index is 827. The van der Waals surface area contributed by atoms with E-state index in [0.29, 0.717) is 22.2 Å². The fraction of sp³-hybridized carbons (Fsp3) is 0.118. The molecule has 1 amide bonds. The summed E-state index contributed by atoms with van der Waals surface area (Å²) in [7, 11) is 0. The van der Waals surface area contributed by atoms with Crippen molar-refractivity contribution in [2.45, 2.75) is 0 Å². The Balaban J connectivity index is 1.72. The first kappa shape index (κ1) is 15.4. The number of aromatic nitrogens is 1. The first-order chi connectivity index (χ1) is 11.2. The Morgan fingerprint density at radius 1 is 1.17 bits per heavy atom. The molecular weight excluding hydrogens is 316 g/mol. The summed E-state index contributed by atoms with van der Waals surface area (Å²) in [6.45, 7) is 0.201. The molecule has 2 aromatic carbocycles. The van der Waals surface area contributed by atoms with Crippen LogP contribution in [0.5, 0.6) is 5.75 Å². The van der Waals surface area contributed by atoms with Crippen molar-refractivity contribution < 1.29 is 14.6 Å². The Hall–Kier alpha value is -2.50. The first-order valence-electron chi connectivity index (χ1n) is 7.09. The van der Waals surface area contributed by atoms with Crippen molar-refractivity contribution in [2.75, 3.05) is 18.5 Å². The highest BCUT2D eigenvalue weighted by atomic mass is 35.5. The molecule has 1 aromatic heterocycles. The average molecular weight is 331 g/mol. The fourth-order valence-corrected chi connectivity index (χ4v) is 2.40. The van der Waals surface area contributed by atoms with E-state index in [0.717, 1.165) is 10.9 Å². The summed E-state index contributed by atoms with van der Waals surface area (Å²) >= 11 is 5.95. The van der Waals surface area contributed by atoms with Gasteiger partial charge in [-0.3, -0.25) is 4.79 Å². The quantitative estimate of drug-likeness (QED) is 0.671. The molecule has 6 heteroatoms. The third-order valence-corrected chi connectivity index (χ3v) is 3.53. The molecule has 118 valence electrons. The number of rotatable bonds is 5. The molecule has 3 N–H and O–H groups in total. The van der Waals surface area contributed by atoms with E-state index in [1.807, 2.05) is 6.07 Å². The van der Waals surface area contributed by atoms with E-state index in [4.69, 9.17) is 21.4 Å². The molecule has 3 rings (SSSR count). The van der Waals surface area contributed by atoms with E-state index in [1.54, 1.807) is 42.5 Å². The third-order valence-electron chi connectivity index (χ3n) is 3.30. The molecule has 0 bridgehead atoms. The molecule has 0 spiro atoms. The molecule has 0 aliphatic carbocycles. The summed E-state index contributed by atoms with van der Waals surface area (Å²) in [5.41, 5.74) is 1.97. The van der Waals surface area contributed by atoms with Crippen LogP contribution in [0, 0.1) is 0 Å². The molecule has 0 aliphatic heterocycles. The van der Waals surface area contributed by atoms with E-state index >= 15 is 0 Å². The zero-order chi connectivity index (χ0) is 16.2. The van der Waals surface area contributed by atoms with Crippen LogP contribution >= 0.6 is 11.6 Å². The van der Waals surface area contributed by atoms with Gasteiger partial charge in [0.2, 0.25) is 0 Å². The van der Waals surface area contributed by atoms with Crippen LogP contribution in [0.25, 0.3) is 10.9 Å². The number of hydrogen-bond acceptors (Lipinski definition) is 3. The lowest BCUT2D eigenvalue weighted by molar-refractivity contribution is 0.102. The van der Waals surface area contributed by atoms with Crippen LogP contribution in [-0.2, 0) is 0 Å². The second-order valence-corrected chi connectivity index (χ2v) is 5.40. The summed E-state index contributed by atoms with van der Waals surface area (Å²) in [6.07, 6.45) is 0. The van der Waals surface area contributed by atoms with Crippen LogP contribution in [-0.4, -0.2) is 29.2 Å². The number of H-pyrrole nitrogens is 1. The molecule has 0 unspecified atom stereocenters. The van der Waals surface area contributed by atoms with E-state index in [1.165, 1.54) is 0 Å². The first-order valence-corrected chi connectivity index (χ1v) is 7.47. The van der Waals surface area contributed by atoms with Crippen molar-refractivity contribution in [3.63, 3.8) is 0 Å². The van der Waals surface area contributed by atoms with Crippen molar-refractivity contribution in [1.29, 1.82) is 0 Å². The van der Waals surface area contributed by atoms with Crippen molar-refractivity contribution in [2.24, 2.45) is 0 Å². The lowest BCUT2D eigenvalue weighted by Crippen LogP contribution is -2.12. The summed E-state index contributed by atoms with van der Waals surface area (Å²) in [5, 5.41) is 13.0. The van der Waals surface area contributed by atoms with Gasteiger partial charge in [0.15, 0.2) is 0 Å². The largest absolute Gasteiger partial charge is 0.491 e. The SMILES string of the molecule is O=C(Nc1ccc(OCCO)cc1)c1cc2cc(Cl)ccc2[nH]1. The lowest BCUT2D eigenvalue weighted by atomic mass is 10.2. The Kier molecular flexibility index (Phi) is 4.50. The predicted octanol–water partition coefficient (Wildman–Crippen LogP) is 3.44. The second kappa shape index (κ2) is 6.73. The van der Waals surface area contributed by atoms with Crippen LogP contribution in [0.4, 0.5) is 5.69 Å². The zero-order valence-corrected chi connectivity index (χ0v) is 12.9. The Morgan fingerprint density at radius 2 is 1.96 bits per heavy atom. The summed E-state index contributed by atoms with van der Waals surface area (Å²) in [6, 6.07) is 14.1. The number of fused-ring (bicyclic) bond motifs is 1. The number of aliphatic hydroxyl groups is 1. The maximum Gasteiger partial charge on any atom is 0.272 e. The molecule has 0 saturated heterocycles. The van der Waals surface area contributed by atoms with Crippen molar-refractivity contribution in [3.05, 3.63) is 59.2 Å². The number of carbonyl (C=O) groups excluding carboxylic acids is 1. The monoisotopic (exact) mass is 330 g/mol. The van der Waals surface area contributed by atoms with Gasteiger partial charge in [0, 0.05) is 21.6 Å². The van der Waals surface area contributed by atoms with Crippen molar-refractivity contribution in [1.82, 2.24) is 4.98 Å². The van der Waals surface area contributed by atoms with Crippen molar-refractivity contribution in [3.8, 4) is 5.75 Å². The van der Waals surface area contributed by atoms with Gasteiger partial charge in [-0.25, -0.2) is 0 Å². The van der Waals surface area contributed by atoms with Crippen LogP contribution < -0.4 is 10.1 Å². The molecule has 23 heavy (non-hydrogen) atoms. The number of amides is 1.